The first-order valence-corrected chi connectivity index (χ1v) is 14.0. The molecule has 1 aliphatic rings. The second-order valence-electron chi connectivity index (χ2n) is 8.77. The molecule has 0 amide bonds. The molecule has 0 saturated carbocycles. The van der Waals surface area contributed by atoms with Crippen LogP contribution in [0.1, 0.15) is 12.5 Å². The molecule has 182 valence electrons. The summed E-state index contributed by atoms with van der Waals surface area (Å²) in [7, 11) is -3.66. The number of thiophene rings is 1. The molecule has 5 rings (SSSR count). The normalized spacial score (nSPS) is 16.7. The number of anilines is 1. The Morgan fingerprint density at radius 2 is 1.83 bits per heavy atom. The maximum absolute atomic E-state index is 13.4. The molecule has 8 heteroatoms. The zero-order chi connectivity index (χ0) is 24.4. The highest BCUT2D eigenvalue weighted by Crippen LogP contribution is 2.44. The first-order chi connectivity index (χ1) is 16.9. The molecule has 1 fully saturated rings. The largest absolute Gasteiger partial charge is 0.609 e. The van der Waals surface area contributed by atoms with Crippen LogP contribution in [0.5, 0.6) is 16.6 Å². The maximum atomic E-state index is 13.4. The van der Waals surface area contributed by atoms with Gasteiger partial charge >= 0.3 is 0 Å². The monoisotopic (exact) mass is 508 g/mol. The van der Waals surface area contributed by atoms with Crippen molar-refractivity contribution in [2.45, 2.75) is 22.8 Å². The lowest BCUT2D eigenvalue weighted by atomic mass is 10.0. The van der Waals surface area contributed by atoms with Crippen molar-refractivity contribution in [1.82, 2.24) is 5.32 Å². The summed E-state index contributed by atoms with van der Waals surface area (Å²) in [6.07, 6.45) is 0.380. The molecule has 35 heavy (non-hydrogen) atoms. The van der Waals surface area contributed by atoms with Crippen molar-refractivity contribution in [1.29, 1.82) is 0 Å². The molecular weight excluding hydrogens is 480 g/mol. The average molecular weight is 509 g/mol. The Morgan fingerprint density at radius 3 is 2.66 bits per heavy atom. The summed E-state index contributed by atoms with van der Waals surface area (Å²) in [4.78, 5) is 2.27. The average Bonchev–Trinajstić information content (AvgIpc) is 3.25. The second-order valence-corrected chi connectivity index (χ2v) is 12.4. The Balaban J connectivity index is 1.35. The van der Waals surface area contributed by atoms with Crippen molar-refractivity contribution in [3.8, 4) is 16.6 Å². The Hall–Kier alpha value is -2.91. The molecule has 2 atom stereocenters. The molecule has 4 aromatic rings. The van der Waals surface area contributed by atoms with Crippen LogP contribution in [0.3, 0.4) is 0 Å². The molecule has 6 nitrogen and oxygen atoms in total. The molecule has 1 aromatic heterocycles. The molecule has 2 heterocycles. The van der Waals surface area contributed by atoms with Gasteiger partial charge in [-0.2, -0.15) is 0 Å². The van der Waals surface area contributed by atoms with Crippen molar-refractivity contribution in [2.75, 3.05) is 31.1 Å². The fourth-order valence-corrected chi connectivity index (χ4v) is 7.33. The van der Waals surface area contributed by atoms with Crippen LogP contribution in [0.2, 0.25) is 0 Å². The van der Waals surface area contributed by atoms with E-state index in [1.54, 1.807) is 6.92 Å². The van der Waals surface area contributed by atoms with Crippen LogP contribution in [-0.2, 0) is 20.8 Å². The molecule has 3 aromatic carbocycles. The highest BCUT2D eigenvalue weighted by Gasteiger charge is 2.33. The number of hydrogen-bond acceptors (Lipinski definition) is 7. The number of rotatable bonds is 7. The number of piperazine rings is 1. The smallest absolute Gasteiger partial charge is 0.227 e. The van der Waals surface area contributed by atoms with Crippen LogP contribution in [0, 0.1) is 0 Å². The Bertz CT molecular complexity index is 1380. The van der Waals surface area contributed by atoms with E-state index in [0.717, 1.165) is 59.5 Å². The summed E-state index contributed by atoms with van der Waals surface area (Å²) in [6.45, 7) is 5.38. The second kappa shape index (κ2) is 9.99. The predicted molar refractivity (Wildman–Crippen MR) is 142 cm³/mol. The van der Waals surface area contributed by atoms with Gasteiger partial charge in [0, 0.05) is 44.4 Å². The lowest BCUT2D eigenvalue weighted by Crippen LogP contribution is -2.43. The number of fused-ring (bicyclic) bond motifs is 1. The van der Waals surface area contributed by atoms with Gasteiger partial charge < -0.3 is 24.6 Å². The topological polar surface area (TPSA) is 84.9 Å². The van der Waals surface area contributed by atoms with Crippen molar-refractivity contribution in [3.63, 3.8) is 0 Å². The molecule has 1 aliphatic heterocycles. The summed E-state index contributed by atoms with van der Waals surface area (Å²) >= 11 is 0.961. The van der Waals surface area contributed by atoms with E-state index < -0.39 is 15.5 Å². The van der Waals surface area contributed by atoms with Gasteiger partial charge in [-0.15, -0.1) is 4.21 Å². The summed E-state index contributed by atoms with van der Waals surface area (Å²) in [6, 6.07) is 22.9. The third-order valence-electron chi connectivity index (χ3n) is 6.36. The highest BCUT2D eigenvalue weighted by atomic mass is 32.3. The first kappa shape index (κ1) is 23.8. The third-order valence-corrected chi connectivity index (χ3v) is 10.0. The van der Waals surface area contributed by atoms with Gasteiger partial charge in [0.15, 0.2) is 5.75 Å². The summed E-state index contributed by atoms with van der Waals surface area (Å²) in [5, 5.41) is 15.5. The van der Waals surface area contributed by atoms with Gasteiger partial charge in [-0.3, -0.25) is 0 Å². The minimum atomic E-state index is -3.66. The number of benzene rings is 3. The fourth-order valence-electron chi connectivity index (χ4n) is 4.42. The molecule has 0 radical (unpaired) electrons. The third kappa shape index (κ3) is 5.06. The highest BCUT2D eigenvalue weighted by molar-refractivity contribution is 8.00. The summed E-state index contributed by atoms with van der Waals surface area (Å²) < 4.78 is 32.8. The molecule has 0 bridgehead atoms. The molecule has 0 spiro atoms. The van der Waals surface area contributed by atoms with Crippen molar-refractivity contribution >= 4 is 38.0 Å². The fraction of sp³-hybridized carbons (Fsp3) is 0.259. The Kier molecular flexibility index (Phi) is 6.80. The molecule has 1 saturated heterocycles. The Morgan fingerprint density at radius 1 is 1.09 bits per heavy atom. The summed E-state index contributed by atoms with van der Waals surface area (Å²) in [5.74, 6) is 0.393. The molecule has 2 N–H and O–H groups in total. The van der Waals surface area contributed by atoms with Crippen molar-refractivity contribution in [2.24, 2.45) is 0 Å². The number of sulfone groups is 1. The maximum Gasteiger partial charge on any atom is 0.227 e. The standard InChI is InChI=1S/C27H28N2O4S2/c1-19(16-21-8-4-7-20-6-2-3-11-24(20)21)35(31,32)26-18-25(30)27(34-26)33-23-10-5-9-22(17-23)29-14-12-28-13-15-29/h2-11,17-19,28H,12-16H2,1H3,(H-,30,31,32). The minimum Gasteiger partial charge on any atom is -0.609 e. The molecular formula is C27H28N2O4S2. The lowest BCUT2D eigenvalue weighted by Gasteiger charge is -2.29. The van der Waals surface area contributed by atoms with Gasteiger partial charge in [0.05, 0.1) is 16.3 Å². The van der Waals surface area contributed by atoms with E-state index in [1.165, 1.54) is 6.07 Å². The summed E-state index contributed by atoms with van der Waals surface area (Å²) in [5.41, 5.74) is 2.03. The van der Waals surface area contributed by atoms with Gasteiger partial charge in [-0.05, 0) is 46.7 Å². The van der Waals surface area contributed by atoms with Crippen LogP contribution < -0.4 is 15.0 Å². The van der Waals surface area contributed by atoms with E-state index in [4.69, 9.17) is 4.74 Å². The molecule has 2 unspecified atom stereocenters. The van der Waals surface area contributed by atoms with Gasteiger partial charge in [0.25, 0.3) is 0 Å². The minimum absolute atomic E-state index is 0.107. The number of nitrogens with one attached hydrogen (secondary N) is 1. The van der Waals surface area contributed by atoms with E-state index in [1.807, 2.05) is 66.7 Å². The van der Waals surface area contributed by atoms with E-state index >= 15 is 0 Å². The number of aromatic hydroxyl groups is 1. The van der Waals surface area contributed by atoms with Crippen LogP contribution in [-0.4, -0.2) is 41.1 Å². The quantitative estimate of drug-likeness (QED) is 0.324. The van der Waals surface area contributed by atoms with Gasteiger partial charge in [-0.25, -0.2) is 0 Å². The van der Waals surface area contributed by atoms with Crippen molar-refractivity contribution in [3.05, 3.63) is 78.4 Å². The van der Waals surface area contributed by atoms with E-state index in [-0.39, 0.29) is 15.0 Å². The van der Waals surface area contributed by atoms with Gasteiger partial charge in [0.2, 0.25) is 9.27 Å². The number of ether oxygens (including phenoxy) is 1. The number of hydrogen-bond donors (Lipinski definition) is 2. The zero-order valence-electron chi connectivity index (χ0n) is 19.5. The first-order valence-electron chi connectivity index (χ1n) is 11.7. The van der Waals surface area contributed by atoms with E-state index in [0.29, 0.717) is 12.2 Å². The van der Waals surface area contributed by atoms with E-state index in [2.05, 4.69) is 10.2 Å². The van der Waals surface area contributed by atoms with Crippen LogP contribution in [0.25, 0.3) is 10.8 Å². The van der Waals surface area contributed by atoms with Crippen LogP contribution in [0.15, 0.2) is 77.0 Å². The van der Waals surface area contributed by atoms with Crippen LogP contribution in [0.4, 0.5) is 5.69 Å². The Labute approximate surface area is 210 Å². The zero-order valence-corrected chi connectivity index (χ0v) is 21.1. The van der Waals surface area contributed by atoms with Crippen LogP contribution >= 0.6 is 11.3 Å². The van der Waals surface area contributed by atoms with E-state index in [9.17, 15) is 13.9 Å². The van der Waals surface area contributed by atoms with Gasteiger partial charge in [-0.1, -0.05) is 48.5 Å². The number of nitrogens with zero attached hydrogens (tertiary/aromatic N) is 1. The van der Waals surface area contributed by atoms with Gasteiger partial charge in [0.1, 0.15) is 11.0 Å². The SMILES string of the molecule is CC(Cc1cccc2ccccc12)[S+](=O)([O-])c1cc(O)c(Oc2cccc(N3CCNCC3)c2)s1. The predicted octanol–water partition coefficient (Wildman–Crippen LogP) is 5.43. The van der Waals surface area contributed by atoms with Crippen molar-refractivity contribution < 1.29 is 18.6 Å². The molecule has 0 aliphatic carbocycles. The lowest BCUT2D eigenvalue weighted by molar-refractivity contribution is 0.421.